The minimum atomic E-state index is -1.34. The van der Waals surface area contributed by atoms with Gasteiger partial charge in [-0.25, -0.2) is 4.39 Å². The van der Waals surface area contributed by atoms with E-state index in [4.69, 9.17) is 4.74 Å². The molecule has 0 spiro atoms. The lowest BCUT2D eigenvalue weighted by molar-refractivity contribution is 0.0739. The minimum absolute atomic E-state index is 0.0723. The maximum Gasteiger partial charge on any atom is 0.272 e. The van der Waals surface area contributed by atoms with E-state index < -0.39 is 6.36 Å². The number of hydrogen-bond donors (Lipinski definition) is 1. The number of rotatable bonds is 10. The van der Waals surface area contributed by atoms with E-state index in [0.29, 0.717) is 43.2 Å². The zero-order valence-corrected chi connectivity index (χ0v) is 27.7. The molecule has 1 saturated carbocycles. The first-order chi connectivity index (χ1) is 22.8. The van der Waals surface area contributed by atoms with Gasteiger partial charge in [-0.2, -0.15) is 0 Å². The van der Waals surface area contributed by atoms with Gasteiger partial charge in [0.1, 0.15) is 11.4 Å². The fourth-order valence-corrected chi connectivity index (χ4v) is 6.03. The summed E-state index contributed by atoms with van der Waals surface area (Å²) in [5, 5.41) is 3.12. The van der Waals surface area contributed by atoms with E-state index in [0.717, 1.165) is 62.1 Å². The summed E-state index contributed by atoms with van der Waals surface area (Å²) < 4.78 is 18.1. The fourth-order valence-electron chi connectivity index (χ4n) is 6.03. The Hall–Kier alpha value is -4.31. The summed E-state index contributed by atoms with van der Waals surface area (Å²) in [6.45, 7) is 10.4. The van der Waals surface area contributed by atoms with E-state index in [9.17, 15) is 18.8 Å². The number of ketones is 1. The number of piperazine rings is 1. The molecule has 2 aliphatic heterocycles. The molecule has 1 aromatic heterocycles. The Labute approximate surface area is 277 Å². The molecule has 0 bridgehead atoms. The number of nitrogens with one attached hydrogen (secondary N) is 1. The monoisotopic (exact) mass is 643 g/mol. The van der Waals surface area contributed by atoms with E-state index in [-0.39, 0.29) is 29.6 Å². The number of benzene rings is 2. The number of anilines is 1. The predicted molar refractivity (Wildman–Crippen MR) is 181 cm³/mol. The van der Waals surface area contributed by atoms with E-state index >= 15 is 0 Å². The summed E-state index contributed by atoms with van der Waals surface area (Å²) >= 11 is 0. The van der Waals surface area contributed by atoms with Crippen LogP contribution in [0.4, 0.5) is 10.1 Å². The van der Waals surface area contributed by atoms with E-state index in [1.165, 1.54) is 13.1 Å². The maximum absolute atomic E-state index is 13.1. The molecule has 47 heavy (non-hydrogen) atoms. The summed E-state index contributed by atoms with van der Waals surface area (Å²) in [4.78, 5) is 49.0. The van der Waals surface area contributed by atoms with Crippen molar-refractivity contribution in [2.75, 3.05) is 44.2 Å². The Kier molecular flexibility index (Phi) is 11.6. The number of aromatic nitrogens is 1. The first-order valence-corrected chi connectivity index (χ1v) is 16.9. The quantitative estimate of drug-likeness (QED) is 0.281. The van der Waals surface area contributed by atoms with Crippen molar-refractivity contribution in [1.82, 2.24) is 20.1 Å². The summed E-state index contributed by atoms with van der Waals surface area (Å²) in [6, 6.07) is 18.7. The van der Waals surface area contributed by atoms with E-state index in [1.807, 2.05) is 50.2 Å². The van der Waals surface area contributed by atoms with Crippen LogP contribution < -0.4 is 15.0 Å². The van der Waals surface area contributed by atoms with Crippen molar-refractivity contribution in [2.24, 2.45) is 5.92 Å². The van der Waals surface area contributed by atoms with Gasteiger partial charge in [-0.15, -0.1) is 0 Å². The van der Waals surface area contributed by atoms with Crippen LogP contribution in [0.1, 0.15) is 83.2 Å². The molecule has 2 amide bonds. The smallest absolute Gasteiger partial charge is 0.272 e. The third-order valence-corrected chi connectivity index (χ3v) is 8.83. The second kappa shape index (κ2) is 16.0. The molecule has 6 rings (SSSR count). The molecule has 1 unspecified atom stereocenters. The van der Waals surface area contributed by atoms with Crippen molar-refractivity contribution < 1.29 is 23.5 Å². The van der Waals surface area contributed by atoms with E-state index in [2.05, 4.69) is 20.1 Å². The van der Waals surface area contributed by atoms with Crippen LogP contribution in [0.5, 0.6) is 5.75 Å². The lowest BCUT2D eigenvalue weighted by atomic mass is 10.0. The summed E-state index contributed by atoms with van der Waals surface area (Å²) in [6.07, 6.45) is 3.82. The van der Waals surface area contributed by atoms with Crippen LogP contribution in [-0.4, -0.2) is 84.0 Å². The number of carbonyl (C=O) groups is 3. The molecule has 10 heteroatoms. The van der Waals surface area contributed by atoms with Crippen LogP contribution in [-0.2, 0) is 6.54 Å². The minimum Gasteiger partial charge on any atom is -0.461 e. The van der Waals surface area contributed by atoms with Crippen molar-refractivity contribution in [3.05, 3.63) is 89.2 Å². The normalized spacial score (nSPS) is 17.7. The van der Waals surface area contributed by atoms with Crippen LogP contribution in [0, 0.1) is 5.92 Å². The van der Waals surface area contributed by atoms with Gasteiger partial charge in [0.25, 0.3) is 11.8 Å². The number of halogens is 1. The van der Waals surface area contributed by atoms with Gasteiger partial charge in [0, 0.05) is 82.1 Å². The largest absolute Gasteiger partial charge is 0.461 e. The Morgan fingerprint density at radius 3 is 2.06 bits per heavy atom. The van der Waals surface area contributed by atoms with Crippen LogP contribution in [0.15, 0.2) is 66.9 Å². The van der Waals surface area contributed by atoms with Crippen molar-refractivity contribution >= 4 is 23.3 Å². The summed E-state index contributed by atoms with van der Waals surface area (Å²) in [7, 11) is 0. The molecular weight excluding hydrogens is 597 g/mol. The molecule has 3 heterocycles. The highest BCUT2D eigenvalue weighted by Crippen LogP contribution is 2.33. The van der Waals surface area contributed by atoms with Gasteiger partial charge < -0.3 is 19.9 Å². The molecule has 1 atom stereocenters. The number of nitrogens with zero attached hydrogens (tertiary/aromatic N) is 4. The molecule has 1 aliphatic carbocycles. The zero-order valence-electron chi connectivity index (χ0n) is 27.7. The Morgan fingerprint density at radius 1 is 0.851 bits per heavy atom. The van der Waals surface area contributed by atoms with Crippen molar-refractivity contribution in [3.8, 4) is 5.75 Å². The molecule has 1 N–H and O–H groups in total. The van der Waals surface area contributed by atoms with Gasteiger partial charge in [-0.05, 0) is 79.8 Å². The number of Topliss-reactive ketones (excluding diaryl/α,β-unsaturated/α-hetero) is 1. The molecular formula is C37H46FN5O4. The SMILES string of the molecule is CC.CC(F)Oc1ccc(CN2CCC(NC(=O)c3ccc(C(=O)N4CCN(c5ccc(C(=O)C6CC6)cc5)CC4)nc3)CC2)cc1. The number of ether oxygens (including phenoxy) is 1. The van der Waals surface area contributed by atoms with Gasteiger partial charge in [0.2, 0.25) is 6.36 Å². The average Bonchev–Trinajstić information content (AvgIpc) is 3.96. The molecule has 3 fully saturated rings. The molecule has 3 aromatic rings. The number of pyridine rings is 1. The number of carbonyl (C=O) groups excluding carboxylic acids is 3. The van der Waals surface area contributed by atoms with Crippen molar-refractivity contribution in [2.45, 2.75) is 65.4 Å². The standard InChI is InChI=1S/C35H40FN5O4.C2H6/c1-24(36)45-31-11-2-25(3-12-31)23-39-16-14-29(15-17-39)38-34(43)28-8-13-32(37-22-28)35(44)41-20-18-40(19-21-41)30-9-6-27(7-10-30)33(42)26-4-5-26;1-2/h2-3,6-13,22,24,26,29H,4-5,14-21,23H2,1H3,(H,38,43);1-2H3. The molecule has 250 valence electrons. The van der Waals surface area contributed by atoms with Gasteiger partial charge in [0.05, 0.1) is 5.56 Å². The molecule has 3 aliphatic rings. The first kappa shape index (κ1) is 34.0. The Bertz CT molecular complexity index is 1480. The number of hydrogen-bond acceptors (Lipinski definition) is 7. The number of piperidine rings is 1. The van der Waals surface area contributed by atoms with Gasteiger partial charge in [0.15, 0.2) is 5.78 Å². The van der Waals surface area contributed by atoms with Crippen molar-refractivity contribution in [3.63, 3.8) is 0 Å². The highest BCUT2D eigenvalue weighted by Gasteiger charge is 2.30. The molecule has 9 nitrogen and oxygen atoms in total. The maximum atomic E-state index is 13.1. The third-order valence-electron chi connectivity index (χ3n) is 8.83. The van der Waals surface area contributed by atoms with Crippen molar-refractivity contribution in [1.29, 1.82) is 0 Å². The second-order valence-corrected chi connectivity index (χ2v) is 12.2. The van der Waals surface area contributed by atoms with Crippen LogP contribution in [0.2, 0.25) is 0 Å². The predicted octanol–water partition coefficient (Wildman–Crippen LogP) is 5.75. The van der Waals surface area contributed by atoms with Crippen LogP contribution in [0.3, 0.4) is 0 Å². The topological polar surface area (TPSA) is 95.1 Å². The lowest BCUT2D eigenvalue weighted by Crippen LogP contribution is -2.49. The average molecular weight is 644 g/mol. The first-order valence-electron chi connectivity index (χ1n) is 16.9. The molecule has 2 aromatic carbocycles. The summed E-state index contributed by atoms with van der Waals surface area (Å²) in [5.41, 5.74) is 3.73. The van der Waals surface area contributed by atoms with Gasteiger partial charge in [-0.3, -0.25) is 24.3 Å². The number of likely N-dealkylation sites (tertiary alicyclic amines) is 1. The number of amides is 2. The molecule has 2 saturated heterocycles. The highest BCUT2D eigenvalue weighted by atomic mass is 19.1. The van der Waals surface area contributed by atoms with Gasteiger partial charge in [-0.1, -0.05) is 26.0 Å². The van der Waals surface area contributed by atoms with Crippen LogP contribution in [0.25, 0.3) is 0 Å². The summed E-state index contributed by atoms with van der Waals surface area (Å²) in [5.74, 6) is 0.646. The Morgan fingerprint density at radius 2 is 1.49 bits per heavy atom. The van der Waals surface area contributed by atoms with Crippen LogP contribution >= 0.6 is 0 Å². The number of alkyl halides is 1. The fraction of sp³-hybridized carbons (Fsp3) is 0.459. The van der Waals surface area contributed by atoms with E-state index in [1.54, 1.807) is 29.2 Å². The second-order valence-electron chi connectivity index (χ2n) is 12.2. The Balaban J connectivity index is 0.00000213. The highest BCUT2D eigenvalue weighted by molar-refractivity contribution is 5.99. The third kappa shape index (κ3) is 9.16. The zero-order chi connectivity index (χ0) is 33.3. The van der Waals surface area contributed by atoms with Gasteiger partial charge >= 0.3 is 0 Å². The lowest BCUT2D eigenvalue weighted by Gasteiger charge is -2.36. The molecule has 0 radical (unpaired) electrons.